The Morgan fingerprint density at radius 3 is 2.36 bits per heavy atom. The van der Waals surface area contributed by atoms with Crippen molar-refractivity contribution in [3.05, 3.63) is 11.8 Å². The summed E-state index contributed by atoms with van der Waals surface area (Å²) in [5.41, 5.74) is -0.326. The van der Waals surface area contributed by atoms with Crippen molar-refractivity contribution in [2.75, 3.05) is 19.0 Å². The highest BCUT2D eigenvalue weighted by atomic mass is 16.5. The van der Waals surface area contributed by atoms with Gasteiger partial charge in [0.05, 0.1) is 5.60 Å². The van der Waals surface area contributed by atoms with Crippen molar-refractivity contribution in [1.82, 2.24) is 10.5 Å². The molecule has 4 fully saturated rings. The zero-order valence-electron chi connectivity index (χ0n) is 14.7. The Morgan fingerprint density at radius 1 is 1.20 bits per heavy atom. The number of methoxy groups -OCH3 is 1. The molecule has 4 bridgehead atoms. The van der Waals surface area contributed by atoms with Crippen LogP contribution in [0.2, 0.25) is 0 Å². The molecule has 4 aliphatic rings. The van der Waals surface area contributed by atoms with E-state index in [1.807, 2.05) is 0 Å². The summed E-state index contributed by atoms with van der Waals surface area (Å²) >= 11 is 0. The second-order valence-corrected chi connectivity index (χ2v) is 7.92. The van der Waals surface area contributed by atoms with E-state index in [4.69, 9.17) is 9.26 Å². The van der Waals surface area contributed by atoms with Crippen LogP contribution in [-0.4, -0.2) is 36.2 Å². The first kappa shape index (κ1) is 16.6. The smallest absolute Gasteiger partial charge is 0.314 e. The van der Waals surface area contributed by atoms with Gasteiger partial charge in [-0.3, -0.25) is 14.9 Å². The van der Waals surface area contributed by atoms with Crippen LogP contribution in [0, 0.1) is 30.6 Å². The predicted octanol–water partition coefficient (Wildman–Crippen LogP) is 1.88. The normalized spacial score (nSPS) is 35.6. The Labute approximate surface area is 146 Å². The number of carbonyl (C=O) groups excluding carboxylic acids is 2. The van der Waals surface area contributed by atoms with Crippen LogP contribution in [0.25, 0.3) is 0 Å². The molecule has 0 unspecified atom stereocenters. The Bertz CT molecular complexity index is 656. The van der Waals surface area contributed by atoms with Crippen molar-refractivity contribution in [2.24, 2.45) is 23.7 Å². The molecular formula is C18H25N3O4. The number of amides is 2. The van der Waals surface area contributed by atoms with Gasteiger partial charge >= 0.3 is 11.8 Å². The molecule has 0 saturated heterocycles. The fourth-order valence-electron chi connectivity index (χ4n) is 5.57. The third-order valence-electron chi connectivity index (χ3n) is 6.50. The number of aryl methyl sites for hydroxylation is 1. The van der Waals surface area contributed by atoms with Gasteiger partial charge in [-0.1, -0.05) is 5.16 Å². The fourth-order valence-corrected chi connectivity index (χ4v) is 5.57. The lowest BCUT2D eigenvalue weighted by Crippen LogP contribution is -2.63. The van der Waals surface area contributed by atoms with Crippen molar-refractivity contribution in [3.8, 4) is 0 Å². The first-order valence-electron chi connectivity index (χ1n) is 9.08. The molecule has 1 aromatic heterocycles. The second-order valence-electron chi connectivity index (χ2n) is 7.92. The number of nitrogens with one attached hydrogen (secondary N) is 2. The third kappa shape index (κ3) is 2.84. The minimum absolute atomic E-state index is 0.244. The summed E-state index contributed by atoms with van der Waals surface area (Å²) in [4.78, 5) is 24.3. The Morgan fingerprint density at radius 2 is 1.84 bits per heavy atom. The van der Waals surface area contributed by atoms with E-state index in [9.17, 15) is 9.59 Å². The van der Waals surface area contributed by atoms with Crippen molar-refractivity contribution < 1.29 is 18.8 Å². The molecule has 0 aromatic carbocycles. The zero-order chi connectivity index (χ0) is 17.6. The maximum atomic E-state index is 12.2. The minimum atomic E-state index is -0.733. The molecule has 136 valence electrons. The number of anilines is 1. The number of carbonyl (C=O) groups is 2. The predicted molar refractivity (Wildman–Crippen MR) is 89.7 cm³/mol. The SMILES string of the molecule is COC1(CNC(=O)C(=O)Nc2cc(C)on2)C2CC3CC(C2)CC1C3. The molecule has 2 amide bonds. The summed E-state index contributed by atoms with van der Waals surface area (Å²) in [6, 6.07) is 1.57. The number of ether oxygens (including phenoxy) is 1. The van der Waals surface area contributed by atoms with E-state index in [1.165, 1.54) is 32.1 Å². The van der Waals surface area contributed by atoms with E-state index in [0.29, 0.717) is 24.1 Å². The highest BCUT2D eigenvalue weighted by Crippen LogP contribution is 2.59. The molecule has 2 N–H and O–H groups in total. The van der Waals surface area contributed by atoms with E-state index in [2.05, 4.69) is 15.8 Å². The fraction of sp³-hybridized carbons (Fsp3) is 0.722. The largest absolute Gasteiger partial charge is 0.376 e. The summed E-state index contributed by atoms with van der Waals surface area (Å²) in [5.74, 6) is 2.02. The molecule has 4 saturated carbocycles. The molecule has 1 aromatic rings. The Kier molecular flexibility index (Phi) is 4.06. The molecule has 1 heterocycles. The van der Waals surface area contributed by atoms with Gasteiger partial charge in [0, 0.05) is 19.7 Å². The molecule has 4 aliphatic carbocycles. The highest BCUT2D eigenvalue weighted by Gasteiger charge is 2.57. The van der Waals surface area contributed by atoms with Crippen LogP contribution in [0.15, 0.2) is 10.6 Å². The molecule has 7 nitrogen and oxygen atoms in total. The van der Waals surface area contributed by atoms with E-state index >= 15 is 0 Å². The third-order valence-corrected chi connectivity index (χ3v) is 6.50. The average molecular weight is 347 g/mol. The standard InChI is InChI=1S/C18H25N3O4/c1-10-3-15(21-25-10)20-17(23)16(22)19-9-18(24-2)13-5-11-4-12(7-13)8-14(18)6-11/h3,11-14H,4-9H2,1-2H3,(H,19,22)(H,20,21,23). The zero-order valence-corrected chi connectivity index (χ0v) is 14.7. The van der Waals surface area contributed by atoms with Crippen LogP contribution < -0.4 is 10.6 Å². The van der Waals surface area contributed by atoms with E-state index in [-0.39, 0.29) is 11.4 Å². The van der Waals surface area contributed by atoms with Gasteiger partial charge in [-0.05, 0) is 62.7 Å². The minimum Gasteiger partial charge on any atom is -0.376 e. The number of hydrogen-bond donors (Lipinski definition) is 2. The lowest BCUT2D eigenvalue weighted by Gasteiger charge is -2.60. The Balaban J connectivity index is 1.39. The van der Waals surface area contributed by atoms with E-state index < -0.39 is 11.8 Å². The van der Waals surface area contributed by atoms with Crippen LogP contribution in [0.4, 0.5) is 5.82 Å². The van der Waals surface area contributed by atoms with Gasteiger partial charge in [0.1, 0.15) is 5.76 Å². The van der Waals surface area contributed by atoms with Crippen molar-refractivity contribution in [2.45, 2.75) is 44.6 Å². The van der Waals surface area contributed by atoms with Gasteiger partial charge in [0.15, 0.2) is 5.82 Å². The molecular weight excluding hydrogens is 322 g/mol. The van der Waals surface area contributed by atoms with Gasteiger partial charge in [-0.15, -0.1) is 0 Å². The summed E-state index contributed by atoms with van der Waals surface area (Å²) in [6.45, 7) is 2.11. The number of aromatic nitrogens is 1. The molecule has 7 heteroatoms. The van der Waals surface area contributed by atoms with Crippen LogP contribution in [-0.2, 0) is 14.3 Å². The van der Waals surface area contributed by atoms with Gasteiger partial charge in [0.25, 0.3) is 0 Å². The highest BCUT2D eigenvalue weighted by molar-refractivity contribution is 6.39. The summed E-state index contributed by atoms with van der Waals surface area (Å²) < 4.78 is 10.9. The van der Waals surface area contributed by atoms with Gasteiger partial charge in [-0.2, -0.15) is 0 Å². The Hall–Kier alpha value is -1.89. The summed E-state index contributed by atoms with van der Waals surface area (Å²) in [6.07, 6.45) is 6.09. The van der Waals surface area contributed by atoms with E-state index in [0.717, 1.165) is 11.8 Å². The average Bonchev–Trinajstić information content (AvgIpc) is 2.99. The molecule has 25 heavy (non-hydrogen) atoms. The van der Waals surface area contributed by atoms with Crippen molar-refractivity contribution in [1.29, 1.82) is 0 Å². The maximum absolute atomic E-state index is 12.2. The number of rotatable bonds is 4. The second kappa shape index (κ2) is 6.12. The van der Waals surface area contributed by atoms with Gasteiger partial charge < -0.3 is 14.6 Å². The van der Waals surface area contributed by atoms with Crippen LogP contribution in [0.1, 0.15) is 37.9 Å². The molecule has 0 spiro atoms. The van der Waals surface area contributed by atoms with Gasteiger partial charge in [0.2, 0.25) is 0 Å². The number of hydrogen-bond acceptors (Lipinski definition) is 5. The van der Waals surface area contributed by atoms with Crippen LogP contribution in [0.5, 0.6) is 0 Å². The van der Waals surface area contributed by atoms with E-state index in [1.54, 1.807) is 20.1 Å². The summed E-state index contributed by atoms with van der Waals surface area (Å²) in [7, 11) is 1.74. The molecule has 5 rings (SSSR count). The van der Waals surface area contributed by atoms with Crippen LogP contribution in [0.3, 0.4) is 0 Å². The quantitative estimate of drug-likeness (QED) is 0.811. The lowest BCUT2D eigenvalue weighted by molar-refractivity contribution is -0.188. The topological polar surface area (TPSA) is 93.5 Å². The van der Waals surface area contributed by atoms with Gasteiger partial charge in [-0.25, -0.2) is 0 Å². The van der Waals surface area contributed by atoms with Crippen molar-refractivity contribution in [3.63, 3.8) is 0 Å². The molecule has 0 radical (unpaired) electrons. The first-order valence-corrected chi connectivity index (χ1v) is 9.08. The summed E-state index contributed by atoms with van der Waals surface area (Å²) in [5, 5.41) is 8.91. The lowest BCUT2D eigenvalue weighted by atomic mass is 9.49. The monoisotopic (exact) mass is 347 g/mol. The van der Waals surface area contributed by atoms with Crippen molar-refractivity contribution >= 4 is 17.6 Å². The van der Waals surface area contributed by atoms with Crippen LogP contribution >= 0.6 is 0 Å². The number of nitrogens with zero attached hydrogens (tertiary/aromatic N) is 1. The maximum Gasteiger partial charge on any atom is 0.314 e. The first-order chi connectivity index (χ1) is 12.0. The molecule has 0 atom stereocenters. The molecule has 0 aliphatic heterocycles.